The van der Waals surface area contributed by atoms with Crippen molar-refractivity contribution in [3.05, 3.63) is 40.5 Å². The third kappa shape index (κ3) is 2.13. The number of nitrogens with zero attached hydrogens (tertiary/aromatic N) is 1. The van der Waals surface area contributed by atoms with Gasteiger partial charge in [0.1, 0.15) is 4.64 Å². The highest BCUT2D eigenvalue weighted by atomic mass is 32.1. The molecule has 1 heterocycles. The first-order chi connectivity index (χ1) is 8.69. The number of rotatable bonds is 3. The molecule has 94 valence electrons. The lowest BCUT2D eigenvalue weighted by molar-refractivity contribution is 0.387. The van der Waals surface area contributed by atoms with Gasteiger partial charge in [-0.05, 0) is 18.6 Å². The Kier molecular flexibility index (Phi) is 3.72. The van der Waals surface area contributed by atoms with E-state index in [1.807, 2.05) is 6.92 Å². The Bertz CT molecular complexity index is 625. The molecule has 0 radical (unpaired) electrons. The predicted octanol–water partition coefficient (Wildman–Crippen LogP) is 3.52. The van der Waals surface area contributed by atoms with Gasteiger partial charge in [0.25, 0.3) is 0 Å². The van der Waals surface area contributed by atoms with Gasteiger partial charge < -0.3 is 9.72 Å². The van der Waals surface area contributed by atoms with E-state index in [1.165, 1.54) is 13.4 Å². The lowest BCUT2D eigenvalue weighted by atomic mass is 10.0. The average molecular weight is 264 g/mol. The van der Waals surface area contributed by atoms with Crippen LogP contribution in [0.2, 0.25) is 0 Å². The Morgan fingerprint density at radius 3 is 2.89 bits per heavy atom. The Hall–Kier alpha value is -1.75. The van der Waals surface area contributed by atoms with Gasteiger partial charge in [0.05, 0.1) is 19.1 Å². The maximum Gasteiger partial charge on any atom is 0.174 e. The molecular weight excluding hydrogens is 251 g/mol. The first-order valence-electron chi connectivity index (χ1n) is 5.58. The number of ether oxygens (including phenoxy) is 1. The zero-order valence-corrected chi connectivity index (χ0v) is 11.0. The summed E-state index contributed by atoms with van der Waals surface area (Å²) in [5, 5.41) is 0. The van der Waals surface area contributed by atoms with Crippen molar-refractivity contribution >= 4 is 12.2 Å². The predicted molar refractivity (Wildman–Crippen MR) is 70.7 cm³/mol. The topological polar surface area (TPSA) is 37.9 Å². The number of halogens is 1. The fourth-order valence-corrected chi connectivity index (χ4v) is 2.16. The molecular formula is C13H13FN2OS. The van der Waals surface area contributed by atoms with E-state index in [9.17, 15) is 4.39 Å². The maximum absolute atomic E-state index is 14.2. The quantitative estimate of drug-likeness (QED) is 0.862. The Balaban J connectivity index is 2.70. The van der Waals surface area contributed by atoms with Crippen LogP contribution in [0.5, 0.6) is 5.75 Å². The second-order valence-corrected chi connectivity index (χ2v) is 4.12. The van der Waals surface area contributed by atoms with E-state index >= 15 is 0 Å². The Labute approximate surface area is 110 Å². The maximum atomic E-state index is 14.2. The minimum atomic E-state index is -0.397. The third-order valence-electron chi connectivity index (χ3n) is 2.76. The summed E-state index contributed by atoms with van der Waals surface area (Å²) in [5.74, 6) is -0.183. The zero-order valence-electron chi connectivity index (χ0n) is 10.2. The Morgan fingerprint density at radius 2 is 2.22 bits per heavy atom. The van der Waals surface area contributed by atoms with Gasteiger partial charge in [-0.3, -0.25) is 0 Å². The molecule has 0 amide bonds. The van der Waals surface area contributed by atoms with E-state index in [-0.39, 0.29) is 5.75 Å². The minimum Gasteiger partial charge on any atom is -0.494 e. The smallest absolute Gasteiger partial charge is 0.174 e. The summed E-state index contributed by atoms with van der Waals surface area (Å²) in [6.07, 6.45) is 2.17. The summed E-state index contributed by atoms with van der Waals surface area (Å²) < 4.78 is 19.7. The summed E-state index contributed by atoms with van der Waals surface area (Å²) in [7, 11) is 1.44. The normalized spacial score (nSPS) is 10.4. The van der Waals surface area contributed by atoms with Crippen molar-refractivity contribution in [2.24, 2.45) is 0 Å². The largest absolute Gasteiger partial charge is 0.494 e. The van der Waals surface area contributed by atoms with Crippen LogP contribution < -0.4 is 4.74 Å². The zero-order chi connectivity index (χ0) is 13.1. The van der Waals surface area contributed by atoms with E-state index in [0.29, 0.717) is 22.3 Å². The van der Waals surface area contributed by atoms with Gasteiger partial charge in [-0.25, -0.2) is 9.37 Å². The van der Waals surface area contributed by atoms with E-state index in [2.05, 4.69) is 9.97 Å². The van der Waals surface area contributed by atoms with Crippen LogP contribution in [0, 0.1) is 10.5 Å². The molecule has 0 spiro atoms. The number of hydrogen-bond donors (Lipinski definition) is 1. The van der Waals surface area contributed by atoms with Crippen molar-refractivity contribution in [3.8, 4) is 17.0 Å². The molecule has 0 unspecified atom stereocenters. The molecule has 1 N–H and O–H groups in total. The molecule has 1 aromatic heterocycles. The summed E-state index contributed by atoms with van der Waals surface area (Å²) >= 11 is 5.16. The summed E-state index contributed by atoms with van der Waals surface area (Å²) in [6, 6.07) is 5.02. The number of aromatic amines is 1. The summed E-state index contributed by atoms with van der Waals surface area (Å²) in [4.78, 5) is 6.98. The van der Waals surface area contributed by atoms with Crippen molar-refractivity contribution in [1.29, 1.82) is 0 Å². The van der Waals surface area contributed by atoms with Gasteiger partial charge in [-0.2, -0.15) is 0 Å². The van der Waals surface area contributed by atoms with Crippen LogP contribution in [-0.4, -0.2) is 17.1 Å². The number of benzene rings is 1. The van der Waals surface area contributed by atoms with Gasteiger partial charge in [-0.15, -0.1) is 0 Å². The molecule has 0 aliphatic heterocycles. The third-order valence-corrected chi connectivity index (χ3v) is 3.11. The second kappa shape index (κ2) is 5.27. The number of hydrogen-bond acceptors (Lipinski definition) is 3. The monoisotopic (exact) mass is 264 g/mol. The molecule has 0 saturated carbocycles. The highest BCUT2D eigenvalue weighted by molar-refractivity contribution is 7.71. The van der Waals surface area contributed by atoms with Gasteiger partial charge in [0.15, 0.2) is 11.6 Å². The van der Waals surface area contributed by atoms with Crippen molar-refractivity contribution in [2.45, 2.75) is 13.3 Å². The molecule has 18 heavy (non-hydrogen) atoms. The van der Waals surface area contributed by atoms with E-state index < -0.39 is 5.82 Å². The second-order valence-electron chi connectivity index (χ2n) is 3.74. The van der Waals surface area contributed by atoms with E-state index in [0.717, 1.165) is 5.56 Å². The number of methoxy groups -OCH3 is 1. The molecule has 2 rings (SSSR count). The lowest BCUT2D eigenvalue weighted by Gasteiger charge is -2.10. The summed E-state index contributed by atoms with van der Waals surface area (Å²) in [6.45, 7) is 1.96. The van der Waals surface area contributed by atoms with Crippen LogP contribution in [0.25, 0.3) is 11.3 Å². The van der Waals surface area contributed by atoms with Crippen LogP contribution in [0.4, 0.5) is 4.39 Å². The van der Waals surface area contributed by atoms with Crippen LogP contribution >= 0.6 is 12.2 Å². The average Bonchev–Trinajstić information content (AvgIpc) is 2.39. The van der Waals surface area contributed by atoms with Crippen LogP contribution in [0.15, 0.2) is 24.5 Å². The Morgan fingerprint density at radius 1 is 1.44 bits per heavy atom. The van der Waals surface area contributed by atoms with E-state index in [1.54, 1.807) is 18.2 Å². The van der Waals surface area contributed by atoms with Gasteiger partial charge in [0, 0.05) is 11.1 Å². The minimum absolute atomic E-state index is 0.214. The highest BCUT2D eigenvalue weighted by Crippen LogP contribution is 2.29. The molecule has 1 aromatic carbocycles. The molecule has 0 fully saturated rings. The summed E-state index contributed by atoms with van der Waals surface area (Å²) in [5.41, 5.74) is 1.94. The molecule has 0 bridgehead atoms. The van der Waals surface area contributed by atoms with Crippen LogP contribution in [-0.2, 0) is 6.42 Å². The van der Waals surface area contributed by atoms with Crippen LogP contribution in [0.3, 0.4) is 0 Å². The lowest BCUT2D eigenvalue weighted by Crippen LogP contribution is -1.98. The molecule has 3 nitrogen and oxygen atoms in total. The highest BCUT2D eigenvalue weighted by Gasteiger charge is 2.14. The fourth-order valence-electron chi connectivity index (χ4n) is 1.86. The number of H-pyrrole nitrogens is 1. The van der Waals surface area contributed by atoms with Gasteiger partial charge in [0.2, 0.25) is 0 Å². The molecule has 0 saturated heterocycles. The first-order valence-corrected chi connectivity index (χ1v) is 5.99. The van der Waals surface area contributed by atoms with Gasteiger partial charge in [-0.1, -0.05) is 25.2 Å². The van der Waals surface area contributed by atoms with Crippen molar-refractivity contribution < 1.29 is 9.13 Å². The molecule has 2 aromatic rings. The molecule has 0 aliphatic rings. The van der Waals surface area contributed by atoms with Crippen molar-refractivity contribution in [2.75, 3.05) is 7.11 Å². The number of aromatic nitrogens is 2. The molecule has 5 heteroatoms. The van der Waals surface area contributed by atoms with E-state index in [4.69, 9.17) is 17.0 Å². The van der Waals surface area contributed by atoms with Crippen molar-refractivity contribution in [1.82, 2.24) is 9.97 Å². The fraction of sp³-hybridized carbons (Fsp3) is 0.231. The first kappa shape index (κ1) is 12.7. The SMILES string of the molecule is CCc1c(-c2cccc(OC)c2F)[nH]cnc1=S. The molecule has 0 aliphatic carbocycles. The molecule has 0 atom stereocenters. The van der Waals surface area contributed by atoms with Crippen molar-refractivity contribution in [3.63, 3.8) is 0 Å². The van der Waals surface area contributed by atoms with Gasteiger partial charge >= 0.3 is 0 Å². The standard InChI is InChI=1S/C13H13FN2OS/c1-3-8-12(15-7-16-13(8)18)9-5-4-6-10(17-2)11(9)14/h4-7H,3H2,1-2H3,(H,15,16,18). The number of nitrogens with one attached hydrogen (secondary N) is 1. The van der Waals surface area contributed by atoms with Crippen LogP contribution in [0.1, 0.15) is 12.5 Å².